The van der Waals surface area contributed by atoms with Crippen molar-refractivity contribution in [2.24, 2.45) is 42.3 Å². The first kappa shape index (κ1) is 91.0. The Bertz CT molecular complexity index is 3800. The number of carbonyl (C=O) groups is 11. The number of aryl methyl sites for hydroxylation is 6. The number of amides is 11. The van der Waals surface area contributed by atoms with Crippen LogP contribution in [-0.4, -0.2) is 176 Å². The molecule has 0 spiro atoms. The maximum atomic E-state index is 10.2. The van der Waals surface area contributed by atoms with Gasteiger partial charge in [0.25, 0.3) is 0 Å². The summed E-state index contributed by atoms with van der Waals surface area (Å²) < 4.78 is 10.2. The Balaban J connectivity index is 0.000000583. The van der Waals surface area contributed by atoms with Gasteiger partial charge in [-0.05, 0) is 68.4 Å². The molecule has 0 aliphatic carbocycles. The molecule has 0 atom stereocenters. The second-order valence-electron chi connectivity index (χ2n) is 20.4. The molecule has 0 saturated heterocycles. The third-order valence-electron chi connectivity index (χ3n) is 12.2. The molecule has 0 aliphatic heterocycles. The fraction of sp³-hybridized carbons (Fsp3) is 0.277. The Morgan fingerprint density at radius 1 is 0.528 bits per heavy atom. The highest BCUT2D eigenvalue weighted by molar-refractivity contribution is 7.10. The fourth-order valence-corrected chi connectivity index (χ4v) is 9.24. The quantitative estimate of drug-likeness (QED) is 0.0156. The van der Waals surface area contributed by atoms with Gasteiger partial charge < -0.3 is 63.1 Å². The SMILES string of the molecule is CN(C=O)Cc1ccsc1.C[n+]1[nH]ccc1CCNC=O.Cn1cc(CNC=O)cn1.Cn1cc(NC=O)cn1.Cn1ccc(CCNC=O)n1.Cn1ccc(NC=O)n1.Cn1nccc1NC=O.O=CNCCc1cnc[nH]1.O=CNCc1cccs1.O=CNCc1ccn[nH]1.O=CNCc1ccsc1. The highest BCUT2D eigenvalue weighted by atomic mass is 32.1. The van der Waals surface area contributed by atoms with Crippen LogP contribution in [0.1, 0.15) is 44.3 Å². The molecule has 13 N–H and O–H groups in total. The van der Waals surface area contributed by atoms with Crippen molar-refractivity contribution in [3.63, 3.8) is 0 Å². The summed E-state index contributed by atoms with van der Waals surface area (Å²) >= 11 is 4.93. The normalized spacial score (nSPS) is 9.16. The predicted molar refractivity (Wildman–Crippen MR) is 400 cm³/mol. The van der Waals surface area contributed by atoms with E-state index < -0.39 is 0 Å². The number of hydrogen-bond donors (Lipinski definition) is 13. The van der Waals surface area contributed by atoms with Crippen molar-refractivity contribution in [1.29, 1.82) is 0 Å². The van der Waals surface area contributed by atoms with Crippen LogP contribution in [0.4, 0.5) is 17.3 Å². The summed E-state index contributed by atoms with van der Waals surface area (Å²) in [7, 11) is 12.7. The minimum atomic E-state index is 0.517. The Morgan fingerprint density at radius 3 is 1.61 bits per heavy atom. The summed E-state index contributed by atoms with van der Waals surface area (Å²) in [5.41, 5.74) is 8.20. The van der Waals surface area contributed by atoms with Gasteiger partial charge in [0.2, 0.25) is 76.2 Å². The molecule has 38 nitrogen and oxygen atoms in total. The van der Waals surface area contributed by atoms with Crippen molar-refractivity contribution in [3.05, 3.63) is 194 Å². The van der Waals surface area contributed by atoms with E-state index in [9.17, 15) is 52.7 Å². The van der Waals surface area contributed by atoms with Gasteiger partial charge in [-0.2, -0.15) is 58.4 Å². The standard InChI is InChI=1S/2C7H11N3O.C7H9NOS.2C6H9N3O.2C6H7NOS.4C5H7N3O/c1-10-5-3-7(9-10)2-4-8-6-11;1-10-7(3-5-9-10)2-4-8-6-11;1-8(6-9)4-7-2-3-10-5-7;1-9-4-6(3-8-9)2-7-5-10;10-5-7-2-1-6-3-8-4-9-6;8-5-7-3-6-1-2-9-4-6;8-5-7-4-6-2-1-3-9-6;1-8-3-5(2-7-8)6-4-9;1-8-3-2-5(7-8)6-4-9;1-8-5(6-4-9)2-3-7-8;9-4-6-3-5-1-2-7-8-5/h2*3,5-6H,2,4H2,1H3,(H,8,11);2-3,5-6H,4H2,1H3;3-5H,2H2,1H3,(H,7,10);3-5H,1-2H2,(H,7,10)(H,8,9);1-2,4-5H,3H2,(H,7,8);1-3,5H,4H2,(H,7,8);2-4H,1H3,(H,6,9);2-4H,1H3,(H,6,7,9);2-4H,1H3,(H,6,9);1-2,4H,3H2,(H,6,9)(H,7,8)/p+1. The van der Waals surface area contributed by atoms with Crippen LogP contribution in [0.3, 0.4) is 0 Å². The van der Waals surface area contributed by atoms with Gasteiger partial charge in [-0.25, -0.2) is 4.98 Å². The summed E-state index contributed by atoms with van der Waals surface area (Å²) in [6.45, 7) is 5.09. The van der Waals surface area contributed by atoms with E-state index >= 15 is 0 Å². The molecule has 11 amide bonds. The maximum Gasteiger partial charge on any atom is 0.212 e. The van der Waals surface area contributed by atoms with Crippen LogP contribution in [0.25, 0.3) is 0 Å². The second kappa shape index (κ2) is 61.8. The summed E-state index contributed by atoms with van der Waals surface area (Å²) in [6, 6.07) is 17.1. The Hall–Kier alpha value is -13.1. The number of aromatic amines is 3. The molecule has 0 fully saturated rings. The van der Waals surface area contributed by atoms with Crippen molar-refractivity contribution in [2.75, 3.05) is 42.6 Å². The van der Waals surface area contributed by atoms with Crippen molar-refractivity contribution in [3.8, 4) is 0 Å². The number of hydrogen-bond acceptors (Lipinski definition) is 21. The molecule has 11 aromatic rings. The van der Waals surface area contributed by atoms with Crippen LogP contribution >= 0.6 is 34.0 Å². The molecule has 0 saturated carbocycles. The van der Waals surface area contributed by atoms with Crippen molar-refractivity contribution >= 4 is 122 Å². The number of nitrogens with zero attached hydrogens (tertiary/aromatic N) is 14. The van der Waals surface area contributed by atoms with E-state index in [2.05, 4.69) is 104 Å². The lowest BCUT2D eigenvalue weighted by Gasteiger charge is -2.07. The largest absolute Gasteiger partial charge is 0.358 e. The molecular formula is C65H92N27O11S3+. The molecular weight excluding hydrogens is 1430 g/mol. The lowest BCUT2D eigenvalue weighted by Crippen LogP contribution is -2.35. The number of anilines is 3. The second-order valence-corrected chi connectivity index (χ2v) is 23.0. The molecule has 106 heavy (non-hydrogen) atoms. The number of rotatable bonds is 33. The summed E-state index contributed by atoms with van der Waals surface area (Å²) in [5, 5.41) is 64.3. The number of carbonyl (C=O) groups excluding carboxylic acids is 11. The lowest BCUT2D eigenvalue weighted by molar-refractivity contribution is -0.733. The van der Waals surface area contributed by atoms with Gasteiger partial charge in [-0.3, -0.25) is 81.2 Å². The lowest BCUT2D eigenvalue weighted by atomic mass is 10.3. The average Bonchev–Trinajstić information content (AvgIpc) is 1.87. The van der Waals surface area contributed by atoms with E-state index in [1.165, 1.54) is 16.1 Å². The highest BCUT2D eigenvalue weighted by Crippen LogP contribution is 2.08. The van der Waals surface area contributed by atoms with Crippen LogP contribution in [0.15, 0.2) is 150 Å². The zero-order valence-electron chi connectivity index (χ0n) is 59.5. The van der Waals surface area contributed by atoms with E-state index in [0.717, 1.165) is 53.9 Å². The van der Waals surface area contributed by atoms with Crippen molar-refractivity contribution < 1.29 is 57.4 Å². The number of imidazole rings is 1. The van der Waals surface area contributed by atoms with Crippen LogP contribution in [0.5, 0.6) is 0 Å². The third-order valence-corrected chi connectivity index (χ3v) is 14.5. The van der Waals surface area contributed by atoms with Crippen LogP contribution in [-0.2, 0) is 147 Å². The monoisotopic (exact) mass is 1520 g/mol. The summed E-state index contributed by atoms with van der Waals surface area (Å²) in [5.74, 6) is 1.28. The molecule has 0 aliphatic rings. The van der Waals surface area contributed by atoms with Gasteiger partial charge in [-0.15, -0.1) is 16.0 Å². The first-order valence-electron chi connectivity index (χ1n) is 31.5. The molecule has 0 radical (unpaired) electrons. The van der Waals surface area contributed by atoms with E-state index in [-0.39, 0.29) is 0 Å². The van der Waals surface area contributed by atoms with Gasteiger partial charge in [0.15, 0.2) is 12.9 Å². The van der Waals surface area contributed by atoms with Crippen molar-refractivity contribution in [2.45, 2.75) is 52.0 Å². The molecule has 0 unspecified atom stereocenters. The van der Waals surface area contributed by atoms with E-state index in [1.807, 2.05) is 108 Å². The molecule has 11 heterocycles. The predicted octanol–water partition coefficient (Wildman–Crippen LogP) is 1.15. The third kappa shape index (κ3) is 47.9. The summed E-state index contributed by atoms with van der Waals surface area (Å²) in [4.78, 5) is 118. The number of nitrogens with one attached hydrogen (secondary N) is 13. The smallest absolute Gasteiger partial charge is 0.212 e. The Labute approximate surface area is 623 Å². The number of aromatic nitrogens is 16. The first-order valence-corrected chi connectivity index (χ1v) is 34.2. The van der Waals surface area contributed by atoms with Crippen molar-refractivity contribution in [1.82, 2.24) is 116 Å². The summed E-state index contributed by atoms with van der Waals surface area (Å²) in [6.07, 6.45) is 29.0. The topological polar surface area (TPSA) is 477 Å². The molecule has 41 heteroatoms. The van der Waals surface area contributed by atoms with E-state index in [1.54, 1.807) is 158 Å². The van der Waals surface area contributed by atoms with Crippen LogP contribution < -0.4 is 57.8 Å². The highest BCUT2D eigenvalue weighted by Gasteiger charge is 2.05. The zero-order valence-corrected chi connectivity index (χ0v) is 62.0. The molecule has 570 valence electrons. The first-order chi connectivity index (χ1) is 51.5. The van der Waals surface area contributed by atoms with E-state index in [4.69, 9.17) is 0 Å². The van der Waals surface area contributed by atoms with Gasteiger partial charge >= 0.3 is 0 Å². The van der Waals surface area contributed by atoms with Gasteiger partial charge in [0.1, 0.15) is 5.82 Å². The molecule has 11 aromatic heterocycles. The fourth-order valence-electron chi connectivity index (χ4n) is 7.26. The van der Waals surface area contributed by atoms with Gasteiger partial charge in [0.05, 0.1) is 67.7 Å². The minimum Gasteiger partial charge on any atom is -0.358 e. The van der Waals surface area contributed by atoms with E-state index in [0.29, 0.717) is 134 Å². The van der Waals surface area contributed by atoms with Crippen LogP contribution in [0.2, 0.25) is 0 Å². The maximum absolute atomic E-state index is 10.2. The molecule has 0 aromatic carbocycles. The number of thiophene rings is 3. The average molecular weight is 1520 g/mol. The Morgan fingerprint density at radius 2 is 1.13 bits per heavy atom. The zero-order chi connectivity index (χ0) is 77.9. The van der Waals surface area contributed by atoms with Gasteiger partial charge in [0, 0.05) is 166 Å². The van der Waals surface area contributed by atoms with Gasteiger partial charge in [-0.1, -0.05) is 6.07 Å². The molecule has 0 bridgehead atoms. The molecule has 11 rings (SSSR count). The van der Waals surface area contributed by atoms with Crippen LogP contribution in [0, 0.1) is 0 Å². The minimum absolute atomic E-state index is 0.517. The Kier molecular flexibility index (Phi) is 53.0. The number of H-pyrrole nitrogens is 3.